The van der Waals surface area contributed by atoms with Crippen molar-refractivity contribution in [3.8, 4) is 0 Å². The molecule has 0 saturated heterocycles. The Morgan fingerprint density at radius 1 is 1.07 bits per heavy atom. The molecular formula is C21H28N2O3S. The highest BCUT2D eigenvalue weighted by Crippen LogP contribution is 2.24. The molecule has 0 aliphatic carbocycles. The summed E-state index contributed by atoms with van der Waals surface area (Å²) in [6, 6.07) is 13.4. The van der Waals surface area contributed by atoms with Gasteiger partial charge in [-0.15, -0.1) is 0 Å². The van der Waals surface area contributed by atoms with Crippen LogP contribution in [-0.2, 0) is 14.8 Å². The minimum Gasteiger partial charge on any atom is -0.326 e. The van der Waals surface area contributed by atoms with Crippen molar-refractivity contribution in [2.24, 2.45) is 0 Å². The molecule has 0 spiro atoms. The zero-order chi connectivity index (χ0) is 20.2. The summed E-state index contributed by atoms with van der Waals surface area (Å²) >= 11 is 0. The molecule has 1 N–H and O–H groups in total. The molecule has 0 aliphatic rings. The Labute approximate surface area is 162 Å². The lowest BCUT2D eigenvalue weighted by molar-refractivity contribution is -0.116. The van der Waals surface area contributed by atoms with Crippen molar-refractivity contribution in [2.75, 3.05) is 22.4 Å². The molecule has 0 bridgehead atoms. The number of nitrogens with zero attached hydrogens (tertiary/aromatic N) is 1. The number of hydrogen-bond acceptors (Lipinski definition) is 3. The third kappa shape index (κ3) is 5.82. The number of amides is 1. The van der Waals surface area contributed by atoms with Crippen LogP contribution in [0, 0.1) is 13.8 Å². The van der Waals surface area contributed by atoms with E-state index in [0.29, 0.717) is 17.3 Å². The number of aryl methyl sites for hydroxylation is 2. The van der Waals surface area contributed by atoms with Crippen LogP contribution in [0.15, 0.2) is 42.5 Å². The smallest absolute Gasteiger partial charge is 0.232 e. The summed E-state index contributed by atoms with van der Waals surface area (Å²) in [6.07, 6.45) is 1.24. The average Bonchev–Trinajstić information content (AvgIpc) is 2.57. The summed E-state index contributed by atoms with van der Waals surface area (Å²) in [5.74, 6) is 0.210. The maximum absolute atomic E-state index is 12.3. The van der Waals surface area contributed by atoms with E-state index in [4.69, 9.17) is 0 Å². The monoisotopic (exact) mass is 388 g/mol. The second-order valence-corrected chi connectivity index (χ2v) is 9.11. The van der Waals surface area contributed by atoms with Crippen LogP contribution in [0.25, 0.3) is 0 Å². The number of nitrogens with one attached hydrogen (secondary N) is 1. The van der Waals surface area contributed by atoms with Gasteiger partial charge in [-0.3, -0.25) is 9.10 Å². The van der Waals surface area contributed by atoms with E-state index in [0.717, 1.165) is 17.4 Å². The van der Waals surface area contributed by atoms with Gasteiger partial charge in [0.25, 0.3) is 0 Å². The van der Waals surface area contributed by atoms with Gasteiger partial charge in [-0.1, -0.05) is 38.1 Å². The summed E-state index contributed by atoms with van der Waals surface area (Å²) in [4.78, 5) is 12.3. The maximum Gasteiger partial charge on any atom is 0.232 e. The van der Waals surface area contributed by atoms with Gasteiger partial charge in [0, 0.05) is 18.7 Å². The van der Waals surface area contributed by atoms with Crippen molar-refractivity contribution in [3.05, 3.63) is 59.2 Å². The van der Waals surface area contributed by atoms with Crippen LogP contribution in [-0.4, -0.2) is 27.1 Å². The molecule has 2 aromatic rings. The summed E-state index contributed by atoms with van der Waals surface area (Å²) in [7, 11) is -3.49. The topological polar surface area (TPSA) is 66.5 Å². The van der Waals surface area contributed by atoms with Gasteiger partial charge in [0.05, 0.1) is 11.9 Å². The van der Waals surface area contributed by atoms with Crippen LogP contribution in [0.2, 0.25) is 0 Å². The van der Waals surface area contributed by atoms with Crippen LogP contribution in [0.1, 0.15) is 42.9 Å². The molecule has 27 heavy (non-hydrogen) atoms. The first kappa shape index (κ1) is 21.0. The Kier molecular flexibility index (Phi) is 6.65. The van der Waals surface area contributed by atoms with Crippen molar-refractivity contribution >= 4 is 27.3 Å². The predicted octanol–water partition coefficient (Wildman–Crippen LogP) is 4.22. The number of carbonyl (C=O) groups excluding carboxylic acids is 1. The van der Waals surface area contributed by atoms with Gasteiger partial charge in [-0.2, -0.15) is 0 Å². The first-order chi connectivity index (χ1) is 12.6. The molecule has 0 saturated carbocycles. The molecule has 0 fully saturated rings. The Balaban J connectivity index is 2.08. The number of benzene rings is 2. The number of hydrogen-bond donors (Lipinski definition) is 1. The SMILES string of the molecule is Cc1ccc(C)c(N(CCC(=O)Nc2ccc(C(C)C)cc2)S(C)(=O)=O)c1. The van der Waals surface area contributed by atoms with Gasteiger partial charge >= 0.3 is 0 Å². The summed E-state index contributed by atoms with van der Waals surface area (Å²) in [5, 5.41) is 2.83. The highest BCUT2D eigenvalue weighted by molar-refractivity contribution is 7.92. The van der Waals surface area contributed by atoms with Gasteiger partial charge in [0.2, 0.25) is 15.9 Å². The van der Waals surface area contributed by atoms with Crippen molar-refractivity contribution in [1.29, 1.82) is 0 Å². The Morgan fingerprint density at radius 2 is 1.70 bits per heavy atom. The highest BCUT2D eigenvalue weighted by atomic mass is 32.2. The first-order valence-electron chi connectivity index (χ1n) is 9.02. The Bertz CT molecular complexity index is 904. The number of carbonyl (C=O) groups is 1. The molecule has 6 heteroatoms. The van der Waals surface area contributed by atoms with E-state index in [9.17, 15) is 13.2 Å². The maximum atomic E-state index is 12.3. The van der Waals surface area contributed by atoms with E-state index >= 15 is 0 Å². The van der Waals surface area contributed by atoms with Crippen molar-refractivity contribution in [3.63, 3.8) is 0 Å². The minimum absolute atomic E-state index is 0.0758. The molecular weight excluding hydrogens is 360 g/mol. The quantitative estimate of drug-likeness (QED) is 0.772. The van der Waals surface area contributed by atoms with Crippen molar-refractivity contribution < 1.29 is 13.2 Å². The normalized spacial score (nSPS) is 11.5. The second-order valence-electron chi connectivity index (χ2n) is 7.20. The van der Waals surface area contributed by atoms with Crippen molar-refractivity contribution in [2.45, 2.75) is 40.0 Å². The zero-order valence-electron chi connectivity index (χ0n) is 16.6. The molecule has 2 aromatic carbocycles. The fourth-order valence-corrected chi connectivity index (χ4v) is 3.81. The van der Waals surface area contributed by atoms with Crippen LogP contribution in [0.5, 0.6) is 0 Å². The van der Waals surface area contributed by atoms with E-state index in [1.54, 1.807) is 0 Å². The summed E-state index contributed by atoms with van der Waals surface area (Å²) in [5.41, 5.74) is 4.36. The number of anilines is 2. The number of rotatable bonds is 7. The molecule has 0 aromatic heterocycles. The number of sulfonamides is 1. The molecule has 2 rings (SSSR count). The zero-order valence-corrected chi connectivity index (χ0v) is 17.4. The van der Waals surface area contributed by atoms with E-state index in [1.807, 2.05) is 56.3 Å². The lowest BCUT2D eigenvalue weighted by Crippen LogP contribution is -2.33. The van der Waals surface area contributed by atoms with Crippen LogP contribution in [0.3, 0.4) is 0 Å². The standard InChI is InChI=1S/C21H28N2O3S/c1-15(2)18-8-10-19(11-9-18)22-21(24)12-13-23(27(5,25)26)20-14-16(3)6-7-17(20)4/h6-11,14-15H,12-13H2,1-5H3,(H,22,24). The third-order valence-electron chi connectivity index (χ3n) is 4.44. The van der Waals surface area contributed by atoms with Crippen LogP contribution < -0.4 is 9.62 Å². The molecule has 5 nitrogen and oxygen atoms in total. The second kappa shape index (κ2) is 8.57. The van der Waals surface area contributed by atoms with Gasteiger partial charge < -0.3 is 5.32 Å². The lowest BCUT2D eigenvalue weighted by atomic mass is 10.0. The van der Waals surface area contributed by atoms with Gasteiger partial charge in [-0.25, -0.2) is 8.42 Å². The molecule has 0 unspecified atom stereocenters. The molecule has 0 atom stereocenters. The molecule has 146 valence electrons. The van der Waals surface area contributed by atoms with Crippen LogP contribution in [0.4, 0.5) is 11.4 Å². The largest absolute Gasteiger partial charge is 0.326 e. The molecule has 0 aliphatic heterocycles. The Hall–Kier alpha value is -2.34. The predicted molar refractivity (Wildman–Crippen MR) is 112 cm³/mol. The van der Waals surface area contributed by atoms with E-state index < -0.39 is 10.0 Å². The van der Waals surface area contributed by atoms with Gasteiger partial charge in [0.1, 0.15) is 0 Å². The van der Waals surface area contributed by atoms with Gasteiger partial charge in [0.15, 0.2) is 0 Å². The lowest BCUT2D eigenvalue weighted by Gasteiger charge is -2.24. The third-order valence-corrected chi connectivity index (χ3v) is 5.62. The van der Waals surface area contributed by atoms with Crippen LogP contribution >= 0.6 is 0 Å². The molecule has 0 heterocycles. The fraction of sp³-hybridized carbons (Fsp3) is 0.381. The first-order valence-corrected chi connectivity index (χ1v) is 10.9. The van der Waals surface area contributed by atoms with Gasteiger partial charge in [-0.05, 0) is 54.7 Å². The Morgan fingerprint density at radius 3 is 2.26 bits per heavy atom. The summed E-state index contributed by atoms with van der Waals surface area (Å²) < 4.78 is 25.8. The van der Waals surface area contributed by atoms with E-state index in [1.165, 1.54) is 9.87 Å². The minimum atomic E-state index is -3.49. The summed E-state index contributed by atoms with van der Waals surface area (Å²) in [6.45, 7) is 8.10. The van der Waals surface area contributed by atoms with E-state index in [-0.39, 0.29) is 18.9 Å². The molecule has 1 amide bonds. The fourth-order valence-electron chi connectivity index (χ4n) is 2.83. The molecule has 0 radical (unpaired) electrons. The highest BCUT2D eigenvalue weighted by Gasteiger charge is 2.20. The average molecular weight is 389 g/mol. The van der Waals surface area contributed by atoms with E-state index in [2.05, 4.69) is 19.2 Å². The van der Waals surface area contributed by atoms with Crippen molar-refractivity contribution in [1.82, 2.24) is 0 Å².